The second kappa shape index (κ2) is 14.6. The van der Waals surface area contributed by atoms with Crippen LogP contribution in [0.5, 0.6) is 0 Å². The molecular formula is C39H47ClN8O5. The van der Waals surface area contributed by atoms with Crippen LogP contribution in [-0.4, -0.2) is 84.8 Å². The van der Waals surface area contributed by atoms with Crippen LogP contribution in [0.4, 0.5) is 16.2 Å². The van der Waals surface area contributed by atoms with Crippen LogP contribution in [0.2, 0.25) is 5.02 Å². The summed E-state index contributed by atoms with van der Waals surface area (Å²) in [5.41, 5.74) is 6.40. The molecule has 1 fully saturated rings. The van der Waals surface area contributed by atoms with Crippen LogP contribution in [0.3, 0.4) is 0 Å². The normalized spacial score (nSPS) is 16.5. The lowest BCUT2D eigenvalue weighted by Crippen LogP contribution is -2.42. The largest absolute Gasteiger partial charge is 0.444 e. The van der Waals surface area contributed by atoms with E-state index in [0.29, 0.717) is 52.5 Å². The zero-order chi connectivity index (χ0) is 37.6. The van der Waals surface area contributed by atoms with Gasteiger partial charge in [-0.3, -0.25) is 14.5 Å². The Morgan fingerprint density at radius 1 is 0.830 bits per heavy atom. The van der Waals surface area contributed by atoms with Crippen molar-refractivity contribution in [3.63, 3.8) is 0 Å². The molecule has 14 heteroatoms. The number of nitrogens with one attached hydrogen (secondary N) is 2. The van der Waals surface area contributed by atoms with Crippen molar-refractivity contribution in [2.45, 2.75) is 78.1 Å². The number of ether oxygens (including phenoxy) is 2. The molecule has 2 N–H and O–H groups in total. The van der Waals surface area contributed by atoms with Gasteiger partial charge in [0.1, 0.15) is 5.60 Å². The van der Waals surface area contributed by atoms with E-state index >= 15 is 0 Å². The van der Waals surface area contributed by atoms with Crippen molar-refractivity contribution in [2.75, 3.05) is 36.9 Å². The molecule has 2 aromatic carbocycles. The second-order valence-electron chi connectivity index (χ2n) is 15.0. The molecule has 0 atom stereocenters. The van der Waals surface area contributed by atoms with Crippen molar-refractivity contribution in [1.29, 1.82) is 0 Å². The zero-order valence-corrected chi connectivity index (χ0v) is 32.0. The van der Waals surface area contributed by atoms with E-state index in [4.69, 9.17) is 26.1 Å². The first-order valence-electron chi connectivity index (χ1n) is 18.2. The van der Waals surface area contributed by atoms with Crippen molar-refractivity contribution in [3.8, 4) is 11.1 Å². The number of amides is 3. The van der Waals surface area contributed by atoms with Gasteiger partial charge >= 0.3 is 6.09 Å². The Hall–Kier alpha value is -4.72. The third-order valence-electron chi connectivity index (χ3n) is 10.4. The molecule has 13 nitrogen and oxygen atoms in total. The first-order chi connectivity index (χ1) is 25.3. The second-order valence-corrected chi connectivity index (χ2v) is 15.4. The number of hydrogen-bond acceptors (Lipinski definition) is 8. The minimum Gasteiger partial charge on any atom is -0.444 e. The molecule has 3 amide bonds. The van der Waals surface area contributed by atoms with Crippen LogP contribution < -0.4 is 10.6 Å². The third kappa shape index (κ3) is 7.42. The van der Waals surface area contributed by atoms with Crippen molar-refractivity contribution in [3.05, 3.63) is 81.4 Å². The van der Waals surface area contributed by atoms with Crippen molar-refractivity contribution < 1.29 is 23.9 Å². The number of halogens is 1. The van der Waals surface area contributed by atoms with Gasteiger partial charge in [-0.2, -0.15) is 0 Å². The minimum atomic E-state index is -0.610. The third-order valence-corrected chi connectivity index (χ3v) is 10.8. The van der Waals surface area contributed by atoms with Crippen molar-refractivity contribution in [2.24, 2.45) is 14.1 Å². The number of imidazole rings is 2. The molecular weight excluding hydrogens is 696 g/mol. The van der Waals surface area contributed by atoms with Gasteiger partial charge in [0.25, 0.3) is 11.8 Å². The summed E-state index contributed by atoms with van der Waals surface area (Å²) >= 11 is 6.98. The Labute approximate surface area is 314 Å². The number of anilines is 2. The molecule has 280 valence electrons. The maximum atomic E-state index is 13.7. The van der Waals surface area contributed by atoms with Gasteiger partial charge in [-0.25, -0.2) is 14.8 Å². The zero-order valence-electron chi connectivity index (χ0n) is 31.2. The molecule has 1 saturated heterocycles. The van der Waals surface area contributed by atoms with Crippen LogP contribution in [0.15, 0.2) is 36.4 Å². The van der Waals surface area contributed by atoms with Crippen LogP contribution >= 0.6 is 11.6 Å². The van der Waals surface area contributed by atoms with E-state index in [9.17, 15) is 14.4 Å². The highest BCUT2D eigenvalue weighted by atomic mass is 35.5. The number of hydrogen-bond donors (Lipinski definition) is 2. The molecule has 0 unspecified atom stereocenters. The summed E-state index contributed by atoms with van der Waals surface area (Å²) < 4.78 is 14.8. The Morgan fingerprint density at radius 3 is 2.04 bits per heavy atom. The van der Waals surface area contributed by atoms with Gasteiger partial charge in [-0.05, 0) is 63.8 Å². The fourth-order valence-electron chi connectivity index (χ4n) is 7.58. The average molecular weight is 743 g/mol. The Morgan fingerprint density at radius 2 is 1.40 bits per heavy atom. The highest BCUT2D eigenvalue weighted by Gasteiger charge is 2.32. The van der Waals surface area contributed by atoms with E-state index in [1.54, 1.807) is 22.6 Å². The van der Waals surface area contributed by atoms with E-state index in [1.807, 2.05) is 69.6 Å². The molecule has 5 heterocycles. The summed E-state index contributed by atoms with van der Waals surface area (Å²) in [5, 5.41) is 6.39. The maximum Gasteiger partial charge on any atom is 0.410 e. The highest BCUT2D eigenvalue weighted by Crippen LogP contribution is 2.38. The van der Waals surface area contributed by atoms with Gasteiger partial charge in [-0.15, -0.1) is 0 Å². The van der Waals surface area contributed by atoms with Gasteiger partial charge in [0.2, 0.25) is 0 Å². The standard InChI is InChI=1S/C39H47ClN8O5/c1-23-25(9-7-11-27(23)43-36(49)34-41-29-21-47(17-13-31(29)45(34)5)24-15-19-52-20-16-24)26-10-8-12-28(33(26)40)44-37(50)35-42-30-22-48(18-14-32(30)46(35)6)38(51)53-39(2,3)4/h7-12,24H,13-22H2,1-6H3,(H,43,49)(H,44,50). The molecule has 0 saturated carbocycles. The summed E-state index contributed by atoms with van der Waals surface area (Å²) in [6.45, 7) is 11.4. The molecule has 0 aliphatic carbocycles. The lowest BCUT2D eigenvalue weighted by Gasteiger charge is -2.36. The SMILES string of the molecule is Cc1c(NC(=O)c2nc3c(n2C)CCN(C2CCOCC2)C3)cccc1-c1cccc(NC(=O)c2nc3c(n2C)CCN(C(=O)OC(C)(C)C)C3)c1Cl. The van der Waals surface area contributed by atoms with Crippen LogP contribution in [0.25, 0.3) is 11.1 Å². The fourth-order valence-corrected chi connectivity index (χ4v) is 7.86. The molecule has 7 rings (SSSR count). The van der Waals surface area contributed by atoms with Gasteiger partial charge in [0.05, 0.1) is 28.6 Å². The Kier molecular flexibility index (Phi) is 10.1. The van der Waals surface area contributed by atoms with Gasteiger partial charge in [-0.1, -0.05) is 35.9 Å². The van der Waals surface area contributed by atoms with Crippen LogP contribution in [0, 0.1) is 6.92 Å². The molecule has 2 aromatic heterocycles. The summed E-state index contributed by atoms with van der Waals surface area (Å²) in [4.78, 5) is 53.5. The lowest BCUT2D eigenvalue weighted by molar-refractivity contribution is 0.0220. The number of aromatic nitrogens is 4. The Bertz CT molecular complexity index is 2080. The van der Waals surface area contributed by atoms with Gasteiger partial charge in [0.15, 0.2) is 11.6 Å². The van der Waals surface area contributed by atoms with Gasteiger partial charge in [0, 0.05) is 88.5 Å². The van der Waals surface area contributed by atoms with Crippen molar-refractivity contribution >= 4 is 40.9 Å². The predicted octanol–water partition coefficient (Wildman–Crippen LogP) is 6.12. The first-order valence-corrected chi connectivity index (χ1v) is 18.6. The summed E-state index contributed by atoms with van der Waals surface area (Å²) in [6, 6.07) is 11.6. The fraction of sp³-hybridized carbons (Fsp3) is 0.462. The molecule has 0 radical (unpaired) electrons. The number of carbonyl (C=O) groups is 3. The van der Waals surface area contributed by atoms with E-state index < -0.39 is 17.6 Å². The maximum absolute atomic E-state index is 13.7. The van der Waals surface area contributed by atoms with Crippen LogP contribution in [-0.2, 0) is 49.5 Å². The molecule has 4 aromatic rings. The summed E-state index contributed by atoms with van der Waals surface area (Å²) in [5.74, 6) is -0.101. The van der Waals surface area contributed by atoms with E-state index in [0.717, 1.165) is 73.8 Å². The number of carbonyl (C=O) groups excluding carboxylic acids is 3. The van der Waals surface area contributed by atoms with Crippen molar-refractivity contribution in [1.82, 2.24) is 28.9 Å². The molecule has 3 aliphatic rings. The average Bonchev–Trinajstić information content (AvgIpc) is 3.65. The molecule has 3 aliphatic heterocycles. The number of rotatable bonds is 6. The van der Waals surface area contributed by atoms with Gasteiger partial charge < -0.3 is 34.1 Å². The van der Waals surface area contributed by atoms with E-state index in [2.05, 4.69) is 20.5 Å². The monoisotopic (exact) mass is 742 g/mol. The summed E-state index contributed by atoms with van der Waals surface area (Å²) in [6.07, 6.45) is 3.03. The highest BCUT2D eigenvalue weighted by molar-refractivity contribution is 6.36. The summed E-state index contributed by atoms with van der Waals surface area (Å²) in [7, 11) is 3.71. The first kappa shape index (κ1) is 36.6. The topological polar surface area (TPSA) is 136 Å². The van der Waals surface area contributed by atoms with E-state index in [-0.39, 0.29) is 18.3 Å². The number of benzene rings is 2. The number of nitrogens with zero attached hydrogens (tertiary/aromatic N) is 6. The lowest BCUT2D eigenvalue weighted by atomic mass is 9.98. The Balaban J connectivity index is 1.06. The molecule has 0 bridgehead atoms. The predicted molar refractivity (Wildman–Crippen MR) is 202 cm³/mol. The molecule has 53 heavy (non-hydrogen) atoms. The molecule has 0 spiro atoms. The van der Waals surface area contributed by atoms with E-state index in [1.165, 1.54) is 0 Å². The number of fused-ring (bicyclic) bond motifs is 2. The van der Waals surface area contributed by atoms with Crippen LogP contribution in [0.1, 0.15) is 83.2 Å². The smallest absolute Gasteiger partial charge is 0.410 e. The minimum absolute atomic E-state index is 0.218. The quantitative estimate of drug-likeness (QED) is 0.242.